The summed E-state index contributed by atoms with van der Waals surface area (Å²) >= 11 is 6.50. The summed E-state index contributed by atoms with van der Waals surface area (Å²) in [7, 11) is 0. The van der Waals surface area contributed by atoms with Gasteiger partial charge in [0.1, 0.15) is 5.82 Å². The van der Waals surface area contributed by atoms with E-state index in [0.717, 1.165) is 18.2 Å². The van der Waals surface area contributed by atoms with Crippen molar-refractivity contribution in [2.75, 3.05) is 11.9 Å². The van der Waals surface area contributed by atoms with Gasteiger partial charge in [0.2, 0.25) is 0 Å². The zero-order chi connectivity index (χ0) is 12.5. The predicted octanol–water partition coefficient (Wildman–Crippen LogP) is 3.49. The van der Waals surface area contributed by atoms with Crippen molar-refractivity contribution in [3.05, 3.63) is 34.1 Å². The fourth-order valence-corrected chi connectivity index (χ4v) is 2.70. The molecule has 1 amide bonds. The Bertz CT molecular complexity index is 446. The zero-order valence-electron chi connectivity index (χ0n) is 9.10. The molecule has 0 aliphatic heterocycles. The molecule has 0 atom stereocenters. The van der Waals surface area contributed by atoms with Gasteiger partial charge in [-0.3, -0.25) is 4.79 Å². The molecule has 1 saturated carbocycles. The molecule has 0 unspecified atom stereocenters. The number of benzene rings is 1. The molecule has 1 aliphatic carbocycles. The molecular weight excluding hydrogens is 353 g/mol. The van der Waals surface area contributed by atoms with E-state index >= 15 is 0 Å². The third kappa shape index (κ3) is 2.88. The fourth-order valence-electron chi connectivity index (χ4n) is 1.58. The second kappa shape index (κ2) is 5.06. The summed E-state index contributed by atoms with van der Waals surface area (Å²) in [5.41, 5.74) is 0.280. The van der Waals surface area contributed by atoms with E-state index in [2.05, 4.69) is 37.2 Å². The van der Waals surface area contributed by atoms with Crippen LogP contribution in [0.1, 0.15) is 23.2 Å². The maximum atomic E-state index is 13.7. The summed E-state index contributed by atoms with van der Waals surface area (Å²) in [4.78, 5) is 11.8. The first-order chi connectivity index (χ1) is 8.08. The van der Waals surface area contributed by atoms with Crippen LogP contribution >= 0.6 is 31.9 Å². The average molecular weight is 365 g/mol. The van der Waals surface area contributed by atoms with Gasteiger partial charge in [-0.2, -0.15) is 0 Å². The van der Waals surface area contributed by atoms with E-state index in [1.807, 2.05) is 0 Å². The van der Waals surface area contributed by atoms with Crippen LogP contribution in [0.4, 0.5) is 4.39 Å². The van der Waals surface area contributed by atoms with Crippen LogP contribution in [0.25, 0.3) is 0 Å². The third-order valence-corrected chi connectivity index (χ3v) is 4.86. The second-order valence-corrected chi connectivity index (χ2v) is 5.83. The highest BCUT2D eigenvalue weighted by atomic mass is 79.9. The standard InChI is InChI=1S/C12H12Br2FNO/c13-6-12(4-5-12)7-16-11(17)8-2-1-3-9(14)10(8)15/h1-3H,4-7H2,(H,16,17). The van der Waals surface area contributed by atoms with E-state index in [0.29, 0.717) is 11.0 Å². The fraction of sp³-hybridized carbons (Fsp3) is 0.417. The first-order valence-electron chi connectivity index (χ1n) is 5.36. The molecule has 17 heavy (non-hydrogen) atoms. The summed E-state index contributed by atoms with van der Waals surface area (Å²) < 4.78 is 14.0. The molecule has 2 rings (SSSR count). The Morgan fingerprint density at radius 1 is 1.47 bits per heavy atom. The van der Waals surface area contributed by atoms with Gasteiger partial charge in [-0.15, -0.1) is 0 Å². The number of hydrogen-bond donors (Lipinski definition) is 1. The number of carbonyl (C=O) groups is 1. The number of amides is 1. The first kappa shape index (κ1) is 13.0. The van der Waals surface area contributed by atoms with Crippen LogP contribution in [-0.4, -0.2) is 17.8 Å². The minimum absolute atomic E-state index is 0.0877. The van der Waals surface area contributed by atoms with E-state index in [-0.39, 0.29) is 16.9 Å². The molecule has 1 aromatic rings. The monoisotopic (exact) mass is 363 g/mol. The number of carbonyl (C=O) groups excluding carboxylic acids is 1. The lowest BCUT2D eigenvalue weighted by atomic mass is 10.1. The number of alkyl halides is 1. The molecule has 0 heterocycles. The SMILES string of the molecule is O=C(NCC1(CBr)CC1)c1cccc(Br)c1F. The molecule has 0 aromatic heterocycles. The van der Waals surface area contributed by atoms with Gasteiger partial charge in [0.05, 0.1) is 10.0 Å². The number of halogens is 3. The van der Waals surface area contributed by atoms with Crippen LogP contribution in [0.15, 0.2) is 22.7 Å². The van der Waals surface area contributed by atoms with Crippen molar-refractivity contribution in [1.29, 1.82) is 0 Å². The number of nitrogens with one attached hydrogen (secondary N) is 1. The van der Waals surface area contributed by atoms with E-state index in [9.17, 15) is 9.18 Å². The minimum atomic E-state index is -0.506. The Morgan fingerprint density at radius 2 is 2.18 bits per heavy atom. The van der Waals surface area contributed by atoms with Crippen LogP contribution in [-0.2, 0) is 0 Å². The van der Waals surface area contributed by atoms with E-state index in [4.69, 9.17) is 0 Å². The van der Waals surface area contributed by atoms with Gasteiger partial charge in [0, 0.05) is 11.9 Å². The Morgan fingerprint density at radius 3 is 2.76 bits per heavy atom. The quantitative estimate of drug-likeness (QED) is 0.814. The summed E-state index contributed by atoms with van der Waals surface area (Å²) in [5.74, 6) is -0.857. The topological polar surface area (TPSA) is 29.1 Å². The molecule has 1 aromatic carbocycles. The molecule has 0 spiro atoms. The third-order valence-electron chi connectivity index (χ3n) is 3.06. The Labute approximate surface area is 116 Å². The highest BCUT2D eigenvalue weighted by molar-refractivity contribution is 9.10. The molecule has 1 aliphatic rings. The number of rotatable bonds is 4. The molecule has 0 radical (unpaired) electrons. The van der Waals surface area contributed by atoms with Crippen LogP contribution in [0, 0.1) is 11.2 Å². The lowest BCUT2D eigenvalue weighted by molar-refractivity contribution is 0.0942. The smallest absolute Gasteiger partial charge is 0.254 e. The lowest BCUT2D eigenvalue weighted by Gasteiger charge is -2.13. The summed E-state index contributed by atoms with van der Waals surface area (Å²) in [6.45, 7) is 0.600. The lowest BCUT2D eigenvalue weighted by Crippen LogP contribution is -2.31. The molecule has 2 nitrogen and oxygen atoms in total. The zero-order valence-corrected chi connectivity index (χ0v) is 12.3. The first-order valence-corrected chi connectivity index (χ1v) is 7.28. The van der Waals surface area contributed by atoms with Gasteiger partial charge in [-0.25, -0.2) is 4.39 Å². The van der Waals surface area contributed by atoms with Crippen LogP contribution < -0.4 is 5.32 Å². The van der Waals surface area contributed by atoms with E-state index < -0.39 is 5.82 Å². The van der Waals surface area contributed by atoms with Crippen molar-refractivity contribution in [1.82, 2.24) is 5.32 Å². The van der Waals surface area contributed by atoms with Gasteiger partial charge in [0.25, 0.3) is 5.91 Å². The molecule has 0 saturated heterocycles. The van der Waals surface area contributed by atoms with Crippen molar-refractivity contribution in [3.8, 4) is 0 Å². The predicted molar refractivity (Wildman–Crippen MR) is 71.9 cm³/mol. The van der Waals surface area contributed by atoms with Crippen LogP contribution in [0.2, 0.25) is 0 Å². The van der Waals surface area contributed by atoms with Crippen molar-refractivity contribution in [3.63, 3.8) is 0 Å². The summed E-state index contributed by atoms with van der Waals surface area (Å²) in [5, 5.41) is 3.67. The Balaban J connectivity index is 2.02. The molecule has 5 heteroatoms. The Hall–Kier alpha value is -0.420. The number of hydrogen-bond acceptors (Lipinski definition) is 1. The molecule has 1 N–H and O–H groups in total. The summed E-state index contributed by atoms with van der Waals surface area (Å²) in [6.07, 6.45) is 2.22. The van der Waals surface area contributed by atoms with Gasteiger partial charge in [-0.05, 0) is 46.3 Å². The highest BCUT2D eigenvalue weighted by Gasteiger charge is 2.41. The van der Waals surface area contributed by atoms with Crippen LogP contribution in [0.3, 0.4) is 0 Å². The highest BCUT2D eigenvalue weighted by Crippen LogP contribution is 2.46. The maximum Gasteiger partial charge on any atom is 0.254 e. The van der Waals surface area contributed by atoms with E-state index in [1.54, 1.807) is 12.1 Å². The molecule has 92 valence electrons. The average Bonchev–Trinajstić information content (AvgIpc) is 3.10. The van der Waals surface area contributed by atoms with E-state index in [1.165, 1.54) is 6.07 Å². The summed E-state index contributed by atoms with van der Waals surface area (Å²) in [6, 6.07) is 4.72. The van der Waals surface area contributed by atoms with Gasteiger partial charge < -0.3 is 5.32 Å². The van der Waals surface area contributed by atoms with Gasteiger partial charge in [-0.1, -0.05) is 22.0 Å². The van der Waals surface area contributed by atoms with Crippen molar-refractivity contribution < 1.29 is 9.18 Å². The van der Waals surface area contributed by atoms with Crippen molar-refractivity contribution >= 4 is 37.8 Å². The van der Waals surface area contributed by atoms with Crippen LogP contribution in [0.5, 0.6) is 0 Å². The molecule has 1 fully saturated rings. The normalized spacial score (nSPS) is 16.6. The minimum Gasteiger partial charge on any atom is -0.351 e. The Kier molecular flexibility index (Phi) is 3.88. The van der Waals surface area contributed by atoms with Gasteiger partial charge >= 0.3 is 0 Å². The van der Waals surface area contributed by atoms with Crippen molar-refractivity contribution in [2.24, 2.45) is 5.41 Å². The molecule has 0 bridgehead atoms. The maximum absolute atomic E-state index is 13.7. The molecular formula is C12H12Br2FNO. The van der Waals surface area contributed by atoms with Crippen molar-refractivity contribution in [2.45, 2.75) is 12.8 Å². The van der Waals surface area contributed by atoms with Gasteiger partial charge in [0.15, 0.2) is 0 Å². The second-order valence-electron chi connectivity index (χ2n) is 4.42. The largest absolute Gasteiger partial charge is 0.351 e.